The molecule has 2 heterocycles. The first-order valence-electron chi connectivity index (χ1n) is 8.17. The van der Waals surface area contributed by atoms with Crippen molar-refractivity contribution in [2.75, 3.05) is 13.7 Å². The Labute approximate surface area is 146 Å². The summed E-state index contributed by atoms with van der Waals surface area (Å²) < 4.78 is 12.5. The molecule has 3 aromatic rings. The molecule has 0 radical (unpaired) electrons. The Balaban J connectivity index is 1.75. The van der Waals surface area contributed by atoms with Gasteiger partial charge in [-0.25, -0.2) is 4.98 Å². The van der Waals surface area contributed by atoms with Crippen LogP contribution in [-0.2, 0) is 13.1 Å². The lowest BCUT2D eigenvalue weighted by Gasteiger charge is -2.20. The van der Waals surface area contributed by atoms with Crippen LogP contribution in [0.15, 0.2) is 59.5 Å². The second-order valence-electron chi connectivity index (χ2n) is 5.62. The van der Waals surface area contributed by atoms with E-state index >= 15 is 0 Å². The predicted molar refractivity (Wildman–Crippen MR) is 93.4 cm³/mol. The molecule has 0 unspecified atom stereocenters. The third-order valence-electron chi connectivity index (χ3n) is 4.02. The highest BCUT2D eigenvalue weighted by Gasteiger charge is 2.19. The Morgan fingerprint density at radius 2 is 2.20 bits per heavy atom. The number of methoxy groups -OCH3 is 1. The smallest absolute Gasteiger partial charge is 0.289 e. The third-order valence-corrected chi connectivity index (χ3v) is 4.02. The maximum absolute atomic E-state index is 12.5. The maximum Gasteiger partial charge on any atom is 0.289 e. The summed E-state index contributed by atoms with van der Waals surface area (Å²) in [6, 6.07) is 11.3. The predicted octanol–water partition coefficient (Wildman–Crippen LogP) is 3.20. The number of carbonyl (C=O) groups excluding carboxylic acids is 1. The number of hydrogen-bond donors (Lipinski definition) is 0. The second-order valence-corrected chi connectivity index (χ2v) is 5.62. The van der Waals surface area contributed by atoms with E-state index in [0.29, 0.717) is 25.4 Å². The van der Waals surface area contributed by atoms with E-state index in [4.69, 9.17) is 9.15 Å². The van der Waals surface area contributed by atoms with Crippen LogP contribution >= 0.6 is 0 Å². The lowest BCUT2D eigenvalue weighted by molar-refractivity contribution is 0.0714. The van der Waals surface area contributed by atoms with E-state index < -0.39 is 0 Å². The Kier molecular flexibility index (Phi) is 5.18. The van der Waals surface area contributed by atoms with E-state index in [1.165, 1.54) is 6.26 Å². The van der Waals surface area contributed by atoms with E-state index in [2.05, 4.69) is 4.98 Å². The number of carbonyl (C=O) groups is 1. The van der Waals surface area contributed by atoms with Gasteiger partial charge in [0.05, 0.1) is 19.9 Å². The Hall–Kier alpha value is -3.02. The average Bonchev–Trinajstić information content (AvgIpc) is 3.31. The van der Waals surface area contributed by atoms with Crippen molar-refractivity contribution in [3.8, 4) is 5.75 Å². The van der Waals surface area contributed by atoms with Crippen molar-refractivity contribution in [1.82, 2.24) is 14.5 Å². The molecule has 25 heavy (non-hydrogen) atoms. The molecule has 0 saturated carbocycles. The molecule has 6 heteroatoms. The van der Waals surface area contributed by atoms with Gasteiger partial charge in [-0.15, -0.1) is 0 Å². The fraction of sp³-hybridized carbons (Fsp3) is 0.263. The molecule has 0 saturated heterocycles. The standard InChI is InChI=1S/C19H21N3O3/c1-3-21(19(23)17-8-5-11-25-17)14-18-20-9-10-22(18)13-15-6-4-7-16(12-15)24-2/h4-12H,3,13-14H2,1-2H3. The van der Waals surface area contributed by atoms with Crippen molar-refractivity contribution in [3.05, 3.63) is 72.2 Å². The zero-order valence-corrected chi connectivity index (χ0v) is 14.4. The van der Waals surface area contributed by atoms with Crippen LogP contribution in [0.1, 0.15) is 28.9 Å². The minimum atomic E-state index is -0.136. The molecule has 0 bridgehead atoms. The molecule has 0 N–H and O–H groups in total. The molecule has 0 aliphatic carbocycles. The molecule has 130 valence electrons. The number of aromatic nitrogens is 2. The zero-order valence-electron chi connectivity index (χ0n) is 14.4. The van der Waals surface area contributed by atoms with Gasteiger partial charge in [-0.1, -0.05) is 12.1 Å². The first-order chi connectivity index (χ1) is 12.2. The molecule has 0 spiro atoms. The van der Waals surface area contributed by atoms with Crippen molar-refractivity contribution in [3.63, 3.8) is 0 Å². The Morgan fingerprint density at radius 3 is 2.92 bits per heavy atom. The van der Waals surface area contributed by atoms with Crippen molar-refractivity contribution in [2.45, 2.75) is 20.0 Å². The normalized spacial score (nSPS) is 10.6. The molecule has 2 aromatic heterocycles. The van der Waals surface area contributed by atoms with Crippen LogP contribution in [0.25, 0.3) is 0 Å². The monoisotopic (exact) mass is 339 g/mol. The average molecular weight is 339 g/mol. The summed E-state index contributed by atoms with van der Waals surface area (Å²) in [6.45, 7) is 3.60. The number of hydrogen-bond acceptors (Lipinski definition) is 4. The molecule has 0 aliphatic heterocycles. The molecule has 1 aromatic carbocycles. The SMILES string of the molecule is CCN(Cc1nccn1Cc1cccc(OC)c1)C(=O)c1ccco1. The molecular weight excluding hydrogens is 318 g/mol. The Morgan fingerprint density at radius 1 is 1.32 bits per heavy atom. The van der Waals surface area contributed by atoms with Crippen LogP contribution in [0.2, 0.25) is 0 Å². The van der Waals surface area contributed by atoms with Gasteiger partial charge in [0.2, 0.25) is 0 Å². The molecule has 0 fully saturated rings. The fourth-order valence-corrected chi connectivity index (χ4v) is 2.66. The summed E-state index contributed by atoms with van der Waals surface area (Å²) >= 11 is 0. The van der Waals surface area contributed by atoms with Crippen LogP contribution in [0.5, 0.6) is 5.75 Å². The first kappa shape index (κ1) is 16.8. The molecule has 0 aliphatic rings. The van der Waals surface area contributed by atoms with E-state index in [0.717, 1.165) is 17.1 Å². The van der Waals surface area contributed by atoms with Crippen molar-refractivity contribution >= 4 is 5.91 Å². The lowest BCUT2D eigenvalue weighted by atomic mass is 10.2. The summed E-state index contributed by atoms with van der Waals surface area (Å²) in [5, 5.41) is 0. The van der Waals surface area contributed by atoms with Gasteiger partial charge in [0.1, 0.15) is 11.6 Å². The topological polar surface area (TPSA) is 60.5 Å². The van der Waals surface area contributed by atoms with E-state index in [1.807, 2.05) is 42.0 Å². The number of amides is 1. The molecular formula is C19H21N3O3. The summed E-state index contributed by atoms with van der Waals surface area (Å²) in [6.07, 6.45) is 5.17. The van der Waals surface area contributed by atoms with Crippen molar-refractivity contribution in [2.24, 2.45) is 0 Å². The van der Waals surface area contributed by atoms with Gasteiger partial charge in [0.15, 0.2) is 5.76 Å². The van der Waals surface area contributed by atoms with Crippen molar-refractivity contribution in [1.29, 1.82) is 0 Å². The van der Waals surface area contributed by atoms with Crippen LogP contribution in [-0.4, -0.2) is 34.0 Å². The van der Waals surface area contributed by atoms with Gasteiger partial charge in [0.25, 0.3) is 5.91 Å². The number of furan rings is 1. The van der Waals surface area contributed by atoms with E-state index in [-0.39, 0.29) is 5.91 Å². The van der Waals surface area contributed by atoms with Crippen molar-refractivity contribution < 1.29 is 13.9 Å². The van der Waals surface area contributed by atoms with Crippen LogP contribution < -0.4 is 4.74 Å². The lowest BCUT2D eigenvalue weighted by Crippen LogP contribution is -2.31. The fourth-order valence-electron chi connectivity index (χ4n) is 2.66. The highest BCUT2D eigenvalue weighted by molar-refractivity contribution is 5.91. The summed E-state index contributed by atoms with van der Waals surface area (Å²) in [5.41, 5.74) is 1.11. The summed E-state index contributed by atoms with van der Waals surface area (Å²) in [5.74, 6) is 1.85. The minimum absolute atomic E-state index is 0.136. The summed E-state index contributed by atoms with van der Waals surface area (Å²) in [4.78, 5) is 18.6. The number of ether oxygens (including phenoxy) is 1. The number of nitrogens with zero attached hydrogens (tertiary/aromatic N) is 3. The van der Waals surface area contributed by atoms with E-state index in [1.54, 1.807) is 30.3 Å². The van der Waals surface area contributed by atoms with Gasteiger partial charge in [-0.3, -0.25) is 4.79 Å². The highest BCUT2D eigenvalue weighted by atomic mass is 16.5. The minimum Gasteiger partial charge on any atom is -0.497 e. The van der Waals surface area contributed by atoms with Gasteiger partial charge >= 0.3 is 0 Å². The second kappa shape index (κ2) is 7.70. The maximum atomic E-state index is 12.5. The van der Waals surface area contributed by atoms with Gasteiger partial charge < -0.3 is 18.6 Å². The highest BCUT2D eigenvalue weighted by Crippen LogP contribution is 2.15. The van der Waals surface area contributed by atoms with Gasteiger partial charge in [-0.05, 0) is 36.8 Å². The molecule has 1 amide bonds. The van der Waals surface area contributed by atoms with Crippen LogP contribution in [0.3, 0.4) is 0 Å². The molecule has 3 rings (SSSR count). The molecule has 6 nitrogen and oxygen atoms in total. The third kappa shape index (κ3) is 3.91. The molecule has 0 atom stereocenters. The van der Waals surface area contributed by atoms with Crippen LogP contribution in [0.4, 0.5) is 0 Å². The summed E-state index contributed by atoms with van der Waals surface area (Å²) in [7, 11) is 1.65. The Bertz CT molecular complexity index is 824. The number of rotatable bonds is 7. The largest absolute Gasteiger partial charge is 0.497 e. The first-order valence-corrected chi connectivity index (χ1v) is 8.17. The number of imidazole rings is 1. The van der Waals surface area contributed by atoms with Crippen LogP contribution in [0, 0.1) is 0 Å². The zero-order chi connectivity index (χ0) is 17.6. The quantitative estimate of drug-likeness (QED) is 0.663. The number of benzene rings is 1. The van der Waals surface area contributed by atoms with Gasteiger partial charge in [-0.2, -0.15) is 0 Å². The van der Waals surface area contributed by atoms with Gasteiger partial charge in [0, 0.05) is 25.5 Å². The van der Waals surface area contributed by atoms with E-state index in [9.17, 15) is 4.79 Å².